The van der Waals surface area contributed by atoms with Crippen LogP contribution in [0.3, 0.4) is 0 Å². The molecule has 20 heavy (non-hydrogen) atoms. The standard InChI is InChI=1S/C18H21NO/c1-17(15-9-5-3-6-10-15)14-20-18(2,13-19-17)16-11-7-4-8-12-16/h3-12,19H,13-14H2,1-2H3. The number of rotatable bonds is 2. The van der Waals surface area contributed by atoms with E-state index in [0.29, 0.717) is 6.61 Å². The molecule has 0 spiro atoms. The highest BCUT2D eigenvalue weighted by Crippen LogP contribution is 2.33. The molecule has 2 heteroatoms. The number of morpholine rings is 1. The largest absolute Gasteiger partial charge is 0.367 e. The molecule has 1 saturated heterocycles. The van der Waals surface area contributed by atoms with Crippen molar-refractivity contribution in [3.8, 4) is 0 Å². The Bertz CT molecular complexity index is 503. The van der Waals surface area contributed by atoms with E-state index in [4.69, 9.17) is 4.74 Å². The van der Waals surface area contributed by atoms with Crippen molar-refractivity contribution >= 4 is 0 Å². The minimum absolute atomic E-state index is 0.116. The smallest absolute Gasteiger partial charge is 0.103 e. The third-order valence-corrected chi connectivity index (χ3v) is 4.29. The molecule has 1 aliphatic heterocycles. The van der Waals surface area contributed by atoms with Crippen molar-refractivity contribution in [2.24, 2.45) is 0 Å². The monoisotopic (exact) mass is 267 g/mol. The molecule has 2 aromatic rings. The summed E-state index contributed by atoms with van der Waals surface area (Å²) in [5, 5.41) is 3.68. The van der Waals surface area contributed by atoms with Crippen LogP contribution in [0.2, 0.25) is 0 Å². The van der Waals surface area contributed by atoms with Gasteiger partial charge in [0.1, 0.15) is 5.60 Å². The van der Waals surface area contributed by atoms with Gasteiger partial charge >= 0.3 is 0 Å². The Hall–Kier alpha value is -1.64. The van der Waals surface area contributed by atoms with E-state index in [-0.39, 0.29) is 11.1 Å². The minimum Gasteiger partial charge on any atom is -0.367 e. The molecule has 1 fully saturated rings. The van der Waals surface area contributed by atoms with Crippen LogP contribution in [0, 0.1) is 0 Å². The maximum Gasteiger partial charge on any atom is 0.103 e. The molecule has 2 aromatic carbocycles. The Morgan fingerprint density at radius 3 is 1.90 bits per heavy atom. The first kappa shape index (κ1) is 13.3. The summed E-state index contributed by atoms with van der Waals surface area (Å²) in [4.78, 5) is 0. The molecule has 0 radical (unpaired) electrons. The number of ether oxygens (including phenoxy) is 1. The van der Waals surface area contributed by atoms with Gasteiger partial charge in [-0.05, 0) is 25.0 Å². The van der Waals surface area contributed by atoms with Gasteiger partial charge in [0.2, 0.25) is 0 Å². The molecular formula is C18H21NO. The van der Waals surface area contributed by atoms with E-state index in [2.05, 4.69) is 67.7 Å². The molecule has 2 nitrogen and oxygen atoms in total. The molecule has 1 N–H and O–H groups in total. The van der Waals surface area contributed by atoms with Crippen molar-refractivity contribution in [1.29, 1.82) is 0 Å². The van der Waals surface area contributed by atoms with Gasteiger partial charge in [-0.2, -0.15) is 0 Å². The van der Waals surface area contributed by atoms with Crippen LogP contribution in [0.15, 0.2) is 60.7 Å². The van der Waals surface area contributed by atoms with Crippen LogP contribution >= 0.6 is 0 Å². The molecule has 0 saturated carbocycles. The van der Waals surface area contributed by atoms with Crippen molar-refractivity contribution < 1.29 is 4.74 Å². The Morgan fingerprint density at radius 1 is 0.850 bits per heavy atom. The number of hydrogen-bond donors (Lipinski definition) is 1. The Morgan fingerprint density at radius 2 is 1.40 bits per heavy atom. The van der Waals surface area contributed by atoms with Crippen LogP contribution in [0.1, 0.15) is 25.0 Å². The zero-order valence-electron chi connectivity index (χ0n) is 12.1. The second-order valence-corrected chi connectivity index (χ2v) is 5.94. The zero-order chi connectivity index (χ0) is 14.1. The summed E-state index contributed by atoms with van der Waals surface area (Å²) in [7, 11) is 0. The Kier molecular flexibility index (Phi) is 3.36. The highest BCUT2D eigenvalue weighted by Gasteiger charge is 2.39. The SMILES string of the molecule is CC1(c2ccccc2)COC(C)(c2ccccc2)CN1. The van der Waals surface area contributed by atoms with E-state index in [0.717, 1.165) is 6.54 Å². The van der Waals surface area contributed by atoms with Crippen molar-refractivity contribution in [2.45, 2.75) is 25.0 Å². The van der Waals surface area contributed by atoms with Gasteiger partial charge < -0.3 is 10.1 Å². The first-order valence-electron chi connectivity index (χ1n) is 7.12. The molecule has 104 valence electrons. The van der Waals surface area contributed by atoms with Gasteiger partial charge in [-0.15, -0.1) is 0 Å². The third kappa shape index (κ3) is 2.37. The van der Waals surface area contributed by atoms with Gasteiger partial charge in [-0.1, -0.05) is 60.7 Å². The highest BCUT2D eigenvalue weighted by molar-refractivity contribution is 5.27. The fraction of sp³-hybridized carbons (Fsp3) is 0.333. The van der Waals surface area contributed by atoms with E-state index in [1.807, 2.05) is 12.1 Å². The predicted molar refractivity (Wildman–Crippen MR) is 81.5 cm³/mol. The summed E-state index contributed by atoms with van der Waals surface area (Å²) in [6.07, 6.45) is 0. The summed E-state index contributed by atoms with van der Waals surface area (Å²) >= 11 is 0. The summed E-state index contributed by atoms with van der Waals surface area (Å²) in [5.74, 6) is 0. The van der Waals surface area contributed by atoms with Crippen LogP contribution < -0.4 is 5.32 Å². The number of hydrogen-bond acceptors (Lipinski definition) is 2. The molecule has 0 amide bonds. The second-order valence-electron chi connectivity index (χ2n) is 5.94. The van der Waals surface area contributed by atoms with E-state index >= 15 is 0 Å². The first-order chi connectivity index (χ1) is 9.62. The Labute approximate surface area is 120 Å². The molecule has 3 rings (SSSR count). The maximum atomic E-state index is 6.26. The quantitative estimate of drug-likeness (QED) is 0.900. The molecule has 0 aromatic heterocycles. The zero-order valence-corrected chi connectivity index (χ0v) is 12.1. The molecule has 1 heterocycles. The van der Waals surface area contributed by atoms with E-state index < -0.39 is 0 Å². The van der Waals surface area contributed by atoms with Crippen molar-refractivity contribution in [1.82, 2.24) is 5.32 Å². The molecule has 1 aliphatic rings. The summed E-state index contributed by atoms with van der Waals surface area (Å²) in [6, 6.07) is 20.9. The summed E-state index contributed by atoms with van der Waals surface area (Å²) in [5.41, 5.74) is 2.13. The van der Waals surface area contributed by atoms with Gasteiger partial charge in [0, 0.05) is 6.54 Å². The third-order valence-electron chi connectivity index (χ3n) is 4.29. The second kappa shape index (κ2) is 5.04. The molecule has 2 atom stereocenters. The van der Waals surface area contributed by atoms with Gasteiger partial charge in [-0.25, -0.2) is 0 Å². The molecule has 0 aliphatic carbocycles. The average molecular weight is 267 g/mol. The van der Waals surface area contributed by atoms with Crippen LogP contribution in [-0.2, 0) is 15.9 Å². The van der Waals surface area contributed by atoms with Crippen molar-refractivity contribution in [3.63, 3.8) is 0 Å². The van der Waals surface area contributed by atoms with E-state index in [9.17, 15) is 0 Å². The highest BCUT2D eigenvalue weighted by atomic mass is 16.5. The average Bonchev–Trinajstić information content (AvgIpc) is 2.52. The van der Waals surface area contributed by atoms with E-state index in [1.165, 1.54) is 11.1 Å². The first-order valence-corrected chi connectivity index (χ1v) is 7.12. The fourth-order valence-corrected chi connectivity index (χ4v) is 2.74. The van der Waals surface area contributed by atoms with Crippen LogP contribution in [0.4, 0.5) is 0 Å². The van der Waals surface area contributed by atoms with Gasteiger partial charge in [-0.3, -0.25) is 0 Å². The van der Waals surface area contributed by atoms with Gasteiger partial charge in [0.25, 0.3) is 0 Å². The molecule has 0 bridgehead atoms. The number of benzene rings is 2. The Balaban J connectivity index is 1.80. The lowest BCUT2D eigenvalue weighted by Gasteiger charge is -2.44. The normalized spacial score (nSPS) is 30.1. The lowest BCUT2D eigenvalue weighted by atomic mass is 9.87. The van der Waals surface area contributed by atoms with Gasteiger partial charge in [0.05, 0.1) is 12.1 Å². The predicted octanol–water partition coefficient (Wildman–Crippen LogP) is 3.44. The lowest BCUT2D eigenvalue weighted by molar-refractivity contribution is -0.101. The maximum absolute atomic E-state index is 6.26. The molecular weight excluding hydrogens is 246 g/mol. The topological polar surface area (TPSA) is 21.3 Å². The van der Waals surface area contributed by atoms with Crippen molar-refractivity contribution in [2.75, 3.05) is 13.2 Å². The fourth-order valence-electron chi connectivity index (χ4n) is 2.74. The van der Waals surface area contributed by atoms with E-state index in [1.54, 1.807) is 0 Å². The minimum atomic E-state index is -0.254. The number of nitrogens with one attached hydrogen (secondary N) is 1. The van der Waals surface area contributed by atoms with Crippen LogP contribution in [0.5, 0.6) is 0 Å². The summed E-state index contributed by atoms with van der Waals surface area (Å²) < 4.78 is 6.26. The lowest BCUT2D eigenvalue weighted by Crippen LogP contribution is -2.56. The molecule has 2 unspecified atom stereocenters. The van der Waals surface area contributed by atoms with Crippen LogP contribution in [-0.4, -0.2) is 13.2 Å². The van der Waals surface area contributed by atoms with Crippen LogP contribution in [0.25, 0.3) is 0 Å². The van der Waals surface area contributed by atoms with Crippen molar-refractivity contribution in [3.05, 3.63) is 71.8 Å². The summed E-state index contributed by atoms with van der Waals surface area (Å²) in [6.45, 7) is 5.83. The van der Waals surface area contributed by atoms with Gasteiger partial charge in [0.15, 0.2) is 0 Å².